The van der Waals surface area contributed by atoms with Gasteiger partial charge in [-0.05, 0) is 24.5 Å². The molecule has 1 fully saturated rings. The third-order valence-electron chi connectivity index (χ3n) is 4.85. The average molecular weight is 414 g/mol. The Kier molecular flexibility index (Phi) is 5.75. The number of hydrogen-bond donors (Lipinski definition) is 1. The van der Waals surface area contributed by atoms with Gasteiger partial charge in [-0.1, -0.05) is 48.5 Å². The Hall–Kier alpha value is -2.22. The summed E-state index contributed by atoms with van der Waals surface area (Å²) >= 11 is 1.64. The molecule has 7 heteroatoms. The Morgan fingerprint density at radius 1 is 1.00 bits per heavy atom. The van der Waals surface area contributed by atoms with Gasteiger partial charge in [-0.15, -0.1) is 11.3 Å². The van der Waals surface area contributed by atoms with E-state index in [0.717, 1.165) is 29.5 Å². The summed E-state index contributed by atoms with van der Waals surface area (Å²) in [6.07, 6.45) is 3.02. The first-order valence-corrected chi connectivity index (χ1v) is 11.8. The lowest BCUT2D eigenvalue weighted by Gasteiger charge is -2.12. The number of nitrogens with one attached hydrogen (secondary N) is 1. The van der Waals surface area contributed by atoms with Crippen LogP contribution in [0.2, 0.25) is 0 Å². The first kappa shape index (κ1) is 19.1. The van der Waals surface area contributed by atoms with Gasteiger partial charge in [0.15, 0.2) is 5.13 Å². The predicted octanol–water partition coefficient (Wildman–Crippen LogP) is 3.93. The molecule has 0 spiro atoms. The van der Waals surface area contributed by atoms with Gasteiger partial charge in [0.05, 0.1) is 10.6 Å². The Morgan fingerprint density at radius 3 is 2.50 bits per heavy atom. The van der Waals surface area contributed by atoms with Crippen molar-refractivity contribution < 1.29 is 8.42 Å². The van der Waals surface area contributed by atoms with Crippen LogP contribution in [-0.2, 0) is 16.4 Å². The zero-order valence-corrected chi connectivity index (χ0v) is 17.2. The van der Waals surface area contributed by atoms with Gasteiger partial charge in [-0.2, -0.15) is 0 Å². The number of aromatic nitrogens is 1. The quantitative estimate of drug-likeness (QED) is 0.637. The van der Waals surface area contributed by atoms with Crippen LogP contribution in [0.15, 0.2) is 64.9 Å². The van der Waals surface area contributed by atoms with E-state index in [1.165, 1.54) is 12.8 Å². The van der Waals surface area contributed by atoms with Gasteiger partial charge >= 0.3 is 0 Å². The largest absolute Gasteiger partial charge is 0.348 e. The smallest absolute Gasteiger partial charge is 0.241 e. The molecule has 0 bridgehead atoms. The van der Waals surface area contributed by atoms with Gasteiger partial charge in [0.2, 0.25) is 10.0 Å². The number of benzene rings is 2. The lowest BCUT2D eigenvalue weighted by Crippen LogP contribution is -2.26. The fourth-order valence-electron chi connectivity index (χ4n) is 3.41. The highest BCUT2D eigenvalue weighted by atomic mass is 32.2. The summed E-state index contributed by atoms with van der Waals surface area (Å²) in [7, 11) is -3.60. The fourth-order valence-corrected chi connectivity index (χ4v) is 5.59. The molecule has 0 atom stereocenters. The average Bonchev–Trinajstić information content (AvgIpc) is 3.40. The van der Waals surface area contributed by atoms with Gasteiger partial charge in [-0.3, -0.25) is 0 Å². The second-order valence-electron chi connectivity index (χ2n) is 6.83. The molecule has 1 aliphatic heterocycles. The summed E-state index contributed by atoms with van der Waals surface area (Å²) in [6.45, 7) is 2.46. The maximum absolute atomic E-state index is 12.9. The summed E-state index contributed by atoms with van der Waals surface area (Å²) in [5.41, 5.74) is 2.53. The van der Waals surface area contributed by atoms with Crippen molar-refractivity contribution in [3.63, 3.8) is 0 Å². The standard InChI is InChI=1S/C21H23N3O2S2/c25-28(26,20-11-5-4-10-19(20)17-8-2-1-3-9-17)22-13-12-18-16-27-21(23-18)24-14-6-7-15-24/h1-5,8-11,16,22H,6-7,12-15H2. The first-order valence-electron chi connectivity index (χ1n) is 9.47. The first-order chi connectivity index (χ1) is 13.6. The van der Waals surface area contributed by atoms with E-state index >= 15 is 0 Å². The summed E-state index contributed by atoms with van der Waals surface area (Å²) in [5, 5.41) is 3.07. The van der Waals surface area contributed by atoms with Gasteiger partial charge in [0.1, 0.15) is 0 Å². The highest BCUT2D eigenvalue weighted by molar-refractivity contribution is 7.89. The third kappa shape index (κ3) is 4.27. The van der Waals surface area contributed by atoms with Crippen molar-refractivity contribution in [3.05, 3.63) is 65.7 Å². The topological polar surface area (TPSA) is 62.3 Å². The Bertz CT molecular complexity index is 1030. The van der Waals surface area contributed by atoms with Crippen molar-refractivity contribution in [1.82, 2.24) is 9.71 Å². The molecular formula is C21H23N3O2S2. The molecule has 5 nitrogen and oxygen atoms in total. The highest BCUT2D eigenvalue weighted by Crippen LogP contribution is 2.27. The number of rotatable bonds is 7. The van der Waals surface area contributed by atoms with Crippen molar-refractivity contribution in [2.75, 3.05) is 24.5 Å². The van der Waals surface area contributed by atoms with Crippen molar-refractivity contribution >= 4 is 26.5 Å². The van der Waals surface area contributed by atoms with E-state index in [1.807, 2.05) is 47.8 Å². The van der Waals surface area contributed by atoms with Crippen LogP contribution in [0.3, 0.4) is 0 Å². The summed E-state index contributed by atoms with van der Waals surface area (Å²) in [5.74, 6) is 0. The summed E-state index contributed by atoms with van der Waals surface area (Å²) in [4.78, 5) is 7.26. The van der Waals surface area contributed by atoms with E-state index in [4.69, 9.17) is 0 Å². The van der Waals surface area contributed by atoms with E-state index in [0.29, 0.717) is 23.4 Å². The second kappa shape index (κ2) is 8.43. The van der Waals surface area contributed by atoms with Gasteiger partial charge in [0.25, 0.3) is 0 Å². The van der Waals surface area contributed by atoms with E-state index < -0.39 is 10.0 Å². The Morgan fingerprint density at radius 2 is 1.71 bits per heavy atom. The molecule has 1 aromatic heterocycles. The number of thiazole rings is 1. The van der Waals surface area contributed by atoms with Crippen LogP contribution in [0.1, 0.15) is 18.5 Å². The van der Waals surface area contributed by atoms with Crippen LogP contribution < -0.4 is 9.62 Å². The molecule has 146 valence electrons. The van der Waals surface area contributed by atoms with Crippen LogP contribution in [0.25, 0.3) is 11.1 Å². The zero-order valence-electron chi connectivity index (χ0n) is 15.5. The minimum absolute atomic E-state index is 0.303. The van der Waals surface area contributed by atoms with Crippen LogP contribution >= 0.6 is 11.3 Å². The normalized spacial score (nSPS) is 14.5. The molecule has 2 aromatic carbocycles. The fraction of sp³-hybridized carbons (Fsp3) is 0.286. The number of hydrogen-bond acceptors (Lipinski definition) is 5. The molecule has 1 aliphatic rings. The Balaban J connectivity index is 1.44. The molecule has 4 rings (SSSR count). The van der Waals surface area contributed by atoms with E-state index in [1.54, 1.807) is 23.5 Å². The van der Waals surface area contributed by atoms with Crippen LogP contribution in [-0.4, -0.2) is 33.0 Å². The van der Waals surface area contributed by atoms with Gasteiger partial charge in [-0.25, -0.2) is 18.1 Å². The Labute approximate surface area is 170 Å². The van der Waals surface area contributed by atoms with Crippen molar-refractivity contribution in [2.24, 2.45) is 0 Å². The van der Waals surface area contributed by atoms with Gasteiger partial charge in [0, 0.05) is 37.0 Å². The molecule has 2 heterocycles. The van der Waals surface area contributed by atoms with Crippen LogP contribution in [0.5, 0.6) is 0 Å². The second-order valence-corrected chi connectivity index (χ2v) is 9.40. The minimum atomic E-state index is -3.60. The summed E-state index contributed by atoms with van der Waals surface area (Å²) in [6, 6.07) is 16.7. The zero-order chi connectivity index (χ0) is 19.4. The molecule has 1 saturated heterocycles. The van der Waals surface area contributed by atoms with E-state index in [-0.39, 0.29) is 0 Å². The van der Waals surface area contributed by atoms with Crippen LogP contribution in [0, 0.1) is 0 Å². The maximum atomic E-state index is 12.9. The molecule has 3 aromatic rings. The minimum Gasteiger partial charge on any atom is -0.348 e. The highest BCUT2D eigenvalue weighted by Gasteiger charge is 2.19. The molecule has 0 saturated carbocycles. The molecule has 0 unspecified atom stereocenters. The van der Waals surface area contributed by atoms with Crippen molar-refractivity contribution in [2.45, 2.75) is 24.2 Å². The van der Waals surface area contributed by atoms with Crippen molar-refractivity contribution in [3.8, 4) is 11.1 Å². The SMILES string of the molecule is O=S(=O)(NCCc1csc(N2CCCC2)n1)c1ccccc1-c1ccccc1. The molecule has 28 heavy (non-hydrogen) atoms. The molecule has 1 N–H and O–H groups in total. The number of sulfonamides is 1. The molecule has 0 radical (unpaired) electrons. The number of anilines is 1. The lowest BCUT2D eigenvalue weighted by atomic mass is 10.1. The van der Waals surface area contributed by atoms with Crippen LogP contribution in [0.4, 0.5) is 5.13 Å². The monoisotopic (exact) mass is 413 g/mol. The lowest BCUT2D eigenvalue weighted by molar-refractivity contribution is 0.581. The molecule has 0 amide bonds. The number of nitrogens with zero attached hydrogens (tertiary/aromatic N) is 2. The third-order valence-corrected chi connectivity index (χ3v) is 7.32. The van der Waals surface area contributed by atoms with Crippen molar-refractivity contribution in [1.29, 1.82) is 0 Å². The summed E-state index contributed by atoms with van der Waals surface area (Å²) < 4.78 is 28.5. The predicted molar refractivity (Wildman–Crippen MR) is 114 cm³/mol. The van der Waals surface area contributed by atoms with E-state index in [9.17, 15) is 8.42 Å². The molecular weight excluding hydrogens is 390 g/mol. The van der Waals surface area contributed by atoms with E-state index in [2.05, 4.69) is 14.6 Å². The van der Waals surface area contributed by atoms with Gasteiger partial charge < -0.3 is 4.90 Å². The maximum Gasteiger partial charge on any atom is 0.241 e. The molecule has 0 aliphatic carbocycles.